The Hall–Kier alpha value is -4.97. The molecule has 3 atom stereocenters. The molecule has 5 heterocycles. The van der Waals surface area contributed by atoms with Gasteiger partial charge in [0.15, 0.2) is 4.34 Å². The van der Waals surface area contributed by atoms with E-state index in [9.17, 15) is 29.1 Å². The zero-order valence-corrected chi connectivity index (χ0v) is 31.2. The molecule has 17 heteroatoms. The quantitative estimate of drug-likeness (QED) is 0.130. The smallest absolute Gasteiger partial charge is 0.352 e. The molecular weight excluding hydrogens is 737 g/mol. The van der Waals surface area contributed by atoms with Gasteiger partial charge in [-0.3, -0.25) is 24.1 Å². The Morgan fingerprint density at radius 1 is 1.00 bits per heavy atom. The van der Waals surface area contributed by atoms with Crippen molar-refractivity contribution < 1.29 is 24.3 Å². The lowest BCUT2D eigenvalue weighted by Crippen LogP contribution is -2.71. The van der Waals surface area contributed by atoms with Crippen LogP contribution in [0.2, 0.25) is 0 Å². The molecular formula is C36H36N8O6S3. The van der Waals surface area contributed by atoms with E-state index < -0.39 is 46.7 Å². The fourth-order valence-corrected chi connectivity index (χ4v) is 9.71. The predicted octanol–water partition coefficient (Wildman–Crippen LogP) is 2.96. The van der Waals surface area contributed by atoms with Gasteiger partial charge in [0.2, 0.25) is 5.91 Å². The summed E-state index contributed by atoms with van der Waals surface area (Å²) >= 11 is 4.11. The molecule has 0 bridgehead atoms. The summed E-state index contributed by atoms with van der Waals surface area (Å²) in [6.45, 7) is 5.67. The highest BCUT2D eigenvalue weighted by Gasteiger charge is 2.54. The second kappa shape index (κ2) is 15.6. The average Bonchev–Trinajstić information content (AvgIpc) is 3.59. The molecule has 2 aromatic heterocycles. The van der Waals surface area contributed by atoms with Crippen LogP contribution >= 0.6 is 34.9 Å². The summed E-state index contributed by atoms with van der Waals surface area (Å²) in [5, 5.41) is 23.7. The van der Waals surface area contributed by atoms with Crippen LogP contribution in [0.25, 0.3) is 11.3 Å². The van der Waals surface area contributed by atoms with Crippen molar-refractivity contribution in [2.45, 2.75) is 28.7 Å². The largest absolute Gasteiger partial charge is 0.477 e. The third-order valence-electron chi connectivity index (χ3n) is 9.30. The van der Waals surface area contributed by atoms with E-state index in [1.54, 1.807) is 36.4 Å². The topological polar surface area (TPSA) is 181 Å². The average molecular weight is 773 g/mol. The van der Waals surface area contributed by atoms with Gasteiger partial charge in [0, 0.05) is 49.1 Å². The van der Waals surface area contributed by atoms with Gasteiger partial charge in [-0.2, -0.15) is 0 Å². The first-order chi connectivity index (χ1) is 25.6. The van der Waals surface area contributed by atoms with Crippen LogP contribution in [-0.4, -0.2) is 110 Å². The third-order valence-corrected chi connectivity index (χ3v) is 12.7. The van der Waals surface area contributed by atoms with Crippen LogP contribution in [-0.2, 0) is 14.4 Å². The van der Waals surface area contributed by atoms with Crippen molar-refractivity contribution in [2.75, 3.05) is 49.6 Å². The fourth-order valence-electron chi connectivity index (χ4n) is 6.41. The molecule has 2 saturated heterocycles. The molecule has 3 aliphatic rings. The minimum absolute atomic E-state index is 0.0976. The minimum Gasteiger partial charge on any atom is -0.477 e. The van der Waals surface area contributed by atoms with Crippen molar-refractivity contribution in [3.63, 3.8) is 0 Å². The Morgan fingerprint density at radius 3 is 2.40 bits per heavy atom. The number of likely N-dealkylation sites (N-methyl/N-ethyl adjacent to an activating group) is 1. The number of thioether (sulfide) groups is 2. The molecule has 0 spiro atoms. The van der Waals surface area contributed by atoms with Crippen molar-refractivity contribution in [1.29, 1.82) is 0 Å². The number of aromatic nitrogens is 3. The van der Waals surface area contributed by atoms with Crippen LogP contribution in [0.1, 0.15) is 27.0 Å². The van der Waals surface area contributed by atoms with Crippen molar-refractivity contribution >= 4 is 64.2 Å². The van der Waals surface area contributed by atoms with E-state index in [4.69, 9.17) is 0 Å². The van der Waals surface area contributed by atoms with Crippen molar-refractivity contribution in [3.8, 4) is 11.3 Å². The molecule has 53 heavy (non-hydrogen) atoms. The summed E-state index contributed by atoms with van der Waals surface area (Å²) in [6.07, 6.45) is 0. The molecule has 0 aliphatic carbocycles. The molecule has 0 radical (unpaired) electrons. The molecule has 3 amide bonds. The maximum absolute atomic E-state index is 13.8. The number of β-lactam (4-membered cyclic amide) rings is 1. The van der Waals surface area contributed by atoms with Gasteiger partial charge in [0.1, 0.15) is 33.7 Å². The van der Waals surface area contributed by atoms with Crippen molar-refractivity contribution in [1.82, 2.24) is 35.6 Å². The van der Waals surface area contributed by atoms with Gasteiger partial charge in [-0.25, -0.2) is 4.79 Å². The van der Waals surface area contributed by atoms with Crippen molar-refractivity contribution in [3.05, 3.63) is 104 Å². The number of aryl methyl sites for hydroxylation is 1. The van der Waals surface area contributed by atoms with Gasteiger partial charge in [-0.1, -0.05) is 65.6 Å². The second-order valence-corrected chi connectivity index (χ2v) is 16.3. The van der Waals surface area contributed by atoms with E-state index in [0.717, 1.165) is 42.4 Å². The van der Waals surface area contributed by atoms with Gasteiger partial charge in [0.25, 0.3) is 17.4 Å². The first-order valence-corrected chi connectivity index (χ1v) is 19.7. The minimum atomic E-state index is -1.25. The van der Waals surface area contributed by atoms with Gasteiger partial charge >= 0.3 is 5.97 Å². The van der Waals surface area contributed by atoms with Crippen LogP contribution < -0.4 is 21.1 Å². The number of anilines is 1. The highest BCUT2D eigenvalue weighted by molar-refractivity contribution is 8.01. The van der Waals surface area contributed by atoms with Crippen LogP contribution in [0, 0.1) is 6.92 Å². The third kappa shape index (κ3) is 7.74. The summed E-state index contributed by atoms with van der Waals surface area (Å²) < 4.78 is 0.699. The number of nitrogens with one attached hydrogen (secondary N) is 3. The molecule has 2 fully saturated rings. The van der Waals surface area contributed by atoms with Crippen LogP contribution in [0.4, 0.5) is 5.69 Å². The number of hydrogen-bond acceptors (Lipinski definition) is 12. The molecule has 0 saturated carbocycles. The number of carboxylic acid groups (broad SMARTS) is 1. The first kappa shape index (κ1) is 36.4. The van der Waals surface area contributed by atoms with Gasteiger partial charge < -0.3 is 30.5 Å². The van der Waals surface area contributed by atoms with Crippen LogP contribution in [0.3, 0.4) is 0 Å². The van der Waals surface area contributed by atoms with Gasteiger partial charge in [-0.05, 0) is 54.9 Å². The molecule has 7 rings (SSSR count). The Balaban J connectivity index is 1.04. The van der Waals surface area contributed by atoms with Crippen LogP contribution in [0.5, 0.6) is 0 Å². The lowest BCUT2D eigenvalue weighted by atomic mass is 10.0. The number of nitrogens with zero attached hydrogens (tertiary/aromatic N) is 5. The number of pyridine rings is 1. The number of amides is 3. The summed E-state index contributed by atoms with van der Waals surface area (Å²) in [5.41, 5.74) is 2.53. The van der Waals surface area contributed by atoms with E-state index >= 15 is 0 Å². The maximum atomic E-state index is 13.8. The normalized spacial score (nSPS) is 19.3. The molecule has 3 aliphatic heterocycles. The lowest BCUT2D eigenvalue weighted by molar-refractivity contribution is -0.151. The van der Waals surface area contributed by atoms with E-state index in [1.165, 1.54) is 45.8 Å². The number of benzene rings is 2. The Bertz CT molecular complexity index is 2130. The van der Waals surface area contributed by atoms with E-state index in [0.29, 0.717) is 32.7 Å². The van der Waals surface area contributed by atoms with Crippen molar-refractivity contribution in [2.24, 2.45) is 0 Å². The number of rotatable bonds is 11. The molecule has 14 nitrogen and oxygen atoms in total. The number of aromatic amines is 1. The molecule has 4 aromatic rings. The Labute approximate surface area is 317 Å². The van der Waals surface area contributed by atoms with Crippen LogP contribution in [0.15, 0.2) is 87.1 Å². The monoisotopic (exact) mass is 772 g/mol. The number of carboxylic acids is 1. The first-order valence-electron chi connectivity index (χ1n) is 16.8. The summed E-state index contributed by atoms with van der Waals surface area (Å²) in [4.78, 5) is 74.9. The summed E-state index contributed by atoms with van der Waals surface area (Å²) in [6, 6.07) is 17.2. The standard InChI is InChI=1S/C36H36N8O6S3/c1-20-40-41-36(53-20)52-19-23-18-51-34-28(33(48)44(34)29(23)35(49)50)39-32(47)27(22-6-4-3-5-7-22)38-31(46)25-12-13-26(37-30(25)45)21-8-10-24(11-9-21)43-16-14-42(2)15-17-43/h3-13,27-28,34H,14-19H2,1-2H3,(H,37,45)(H,38,46)(H,39,47)(H,49,50)/t27?,28?,34-/m0/s1. The number of fused-ring (bicyclic) bond motifs is 1. The molecule has 274 valence electrons. The predicted molar refractivity (Wildman–Crippen MR) is 204 cm³/mol. The molecule has 2 aromatic carbocycles. The zero-order chi connectivity index (χ0) is 37.2. The summed E-state index contributed by atoms with van der Waals surface area (Å²) in [7, 11) is 2.11. The number of H-pyrrole nitrogens is 1. The van der Waals surface area contributed by atoms with E-state index in [2.05, 4.69) is 42.7 Å². The fraction of sp³-hybridized carbons (Fsp3) is 0.306. The maximum Gasteiger partial charge on any atom is 0.352 e. The zero-order valence-electron chi connectivity index (χ0n) is 28.8. The highest BCUT2D eigenvalue weighted by Crippen LogP contribution is 2.42. The second-order valence-electron chi connectivity index (χ2n) is 12.8. The number of hydrogen-bond donors (Lipinski definition) is 4. The Kier molecular flexibility index (Phi) is 10.7. The lowest BCUT2D eigenvalue weighted by Gasteiger charge is -2.49. The number of aliphatic carboxylic acids is 1. The molecule has 2 unspecified atom stereocenters. The molecule has 4 N–H and O–H groups in total. The summed E-state index contributed by atoms with van der Waals surface area (Å²) in [5.74, 6) is -2.59. The van der Waals surface area contributed by atoms with E-state index in [-0.39, 0.29) is 11.3 Å². The Morgan fingerprint density at radius 2 is 1.74 bits per heavy atom. The number of carbonyl (C=O) groups excluding carboxylic acids is 3. The van der Waals surface area contributed by atoms with Gasteiger partial charge in [-0.15, -0.1) is 22.0 Å². The number of piperazine rings is 1. The highest BCUT2D eigenvalue weighted by atomic mass is 32.2. The van der Waals surface area contributed by atoms with Gasteiger partial charge in [0.05, 0.1) is 0 Å². The number of carbonyl (C=O) groups is 4. The SMILES string of the molecule is Cc1nnc(SCC2=C(C(=O)O)N3C(=O)C(NC(=O)C(NC(=O)c4ccc(-c5ccc(N6CCN(C)CC6)cc5)[nH]c4=O)c4ccccc4)[C@@H]3SC2)s1. The van der Waals surface area contributed by atoms with E-state index in [1.807, 2.05) is 31.2 Å².